The Bertz CT molecular complexity index is 1270. The summed E-state index contributed by atoms with van der Waals surface area (Å²) in [4.78, 5) is 25.6. The van der Waals surface area contributed by atoms with Crippen molar-refractivity contribution in [2.24, 2.45) is 0 Å². The number of carbonyl (C=O) groups is 2. The van der Waals surface area contributed by atoms with Crippen molar-refractivity contribution in [1.82, 2.24) is 0 Å². The van der Waals surface area contributed by atoms with Gasteiger partial charge in [0.2, 0.25) is 0 Å². The van der Waals surface area contributed by atoms with Crippen LogP contribution < -0.4 is 14.2 Å². The summed E-state index contributed by atoms with van der Waals surface area (Å²) in [5.41, 5.74) is 1.55. The lowest BCUT2D eigenvalue weighted by Crippen LogP contribution is -2.16. The second kappa shape index (κ2) is 12.8. The van der Waals surface area contributed by atoms with Crippen molar-refractivity contribution in [1.29, 1.82) is 0 Å². The normalized spacial score (nSPS) is 10.3. The van der Waals surface area contributed by atoms with E-state index in [-0.39, 0.29) is 30.1 Å². The summed E-state index contributed by atoms with van der Waals surface area (Å²) in [6.07, 6.45) is 0.701. The fourth-order valence-corrected chi connectivity index (χ4v) is 3.45. The number of benzene rings is 4. The summed E-state index contributed by atoms with van der Waals surface area (Å²) in [5, 5.41) is 0. The first-order chi connectivity index (χ1) is 17.7. The largest absolute Gasteiger partial charge is 0.492 e. The van der Waals surface area contributed by atoms with Gasteiger partial charge in [0.15, 0.2) is 0 Å². The number of para-hydroxylation sites is 3. The minimum atomic E-state index is -0.627. The Labute approximate surface area is 210 Å². The topological polar surface area (TPSA) is 71.1 Å². The molecule has 0 unspecified atom stereocenters. The van der Waals surface area contributed by atoms with Gasteiger partial charge in [-0.15, -0.1) is 0 Å². The van der Waals surface area contributed by atoms with E-state index in [1.165, 1.54) is 0 Å². The lowest BCUT2D eigenvalue weighted by atomic mass is 10.1. The summed E-state index contributed by atoms with van der Waals surface area (Å²) in [6, 6.07) is 32.5. The average Bonchev–Trinajstić information content (AvgIpc) is 2.93. The highest BCUT2D eigenvalue weighted by molar-refractivity contribution is 5.97. The van der Waals surface area contributed by atoms with Gasteiger partial charge >= 0.3 is 11.9 Å². The van der Waals surface area contributed by atoms with Crippen molar-refractivity contribution < 1.29 is 28.5 Å². The van der Waals surface area contributed by atoms with E-state index in [4.69, 9.17) is 18.9 Å². The molecule has 0 amide bonds. The molecule has 0 aliphatic heterocycles. The molecule has 182 valence electrons. The molecule has 0 saturated carbocycles. The molecule has 0 radical (unpaired) electrons. The molecule has 6 nitrogen and oxygen atoms in total. The van der Waals surface area contributed by atoms with Crippen LogP contribution in [-0.2, 0) is 11.2 Å². The van der Waals surface area contributed by atoms with E-state index < -0.39 is 11.9 Å². The predicted molar refractivity (Wildman–Crippen MR) is 136 cm³/mol. The lowest BCUT2D eigenvalue weighted by Gasteiger charge is -2.13. The molecule has 0 heterocycles. The number of carbonyl (C=O) groups excluding carboxylic acids is 2. The van der Waals surface area contributed by atoms with Crippen LogP contribution in [0.2, 0.25) is 0 Å². The lowest BCUT2D eigenvalue weighted by molar-refractivity contribution is 0.0445. The Balaban J connectivity index is 1.35. The van der Waals surface area contributed by atoms with Gasteiger partial charge in [0.05, 0.1) is 6.61 Å². The Morgan fingerprint density at radius 2 is 1.11 bits per heavy atom. The zero-order valence-electron chi connectivity index (χ0n) is 19.7. The highest BCUT2D eigenvalue weighted by Crippen LogP contribution is 2.24. The minimum absolute atomic E-state index is 0.0497. The Morgan fingerprint density at radius 1 is 0.528 bits per heavy atom. The first-order valence-electron chi connectivity index (χ1n) is 11.6. The van der Waals surface area contributed by atoms with Crippen molar-refractivity contribution >= 4 is 11.9 Å². The van der Waals surface area contributed by atoms with Crippen LogP contribution in [0.4, 0.5) is 0 Å². The van der Waals surface area contributed by atoms with Gasteiger partial charge in [0.25, 0.3) is 0 Å². The highest BCUT2D eigenvalue weighted by Gasteiger charge is 2.19. The molecule has 4 aromatic rings. The first-order valence-corrected chi connectivity index (χ1v) is 11.6. The van der Waals surface area contributed by atoms with Crippen LogP contribution in [0.1, 0.15) is 26.3 Å². The molecule has 0 atom stereocenters. The molecule has 36 heavy (non-hydrogen) atoms. The molecule has 0 N–H and O–H groups in total. The van der Waals surface area contributed by atoms with Crippen molar-refractivity contribution in [3.8, 4) is 17.2 Å². The number of hydrogen-bond donors (Lipinski definition) is 0. The van der Waals surface area contributed by atoms with Gasteiger partial charge in [-0.3, -0.25) is 0 Å². The van der Waals surface area contributed by atoms with E-state index in [0.29, 0.717) is 24.5 Å². The van der Waals surface area contributed by atoms with E-state index in [9.17, 15) is 9.59 Å². The zero-order valence-corrected chi connectivity index (χ0v) is 19.7. The van der Waals surface area contributed by atoms with Crippen molar-refractivity contribution in [3.05, 3.63) is 126 Å². The maximum atomic E-state index is 13.0. The second-order valence-electron chi connectivity index (χ2n) is 7.76. The summed E-state index contributed by atoms with van der Waals surface area (Å²) < 4.78 is 22.3. The van der Waals surface area contributed by atoms with Crippen LogP contribution in [0.15, 0.2) is 109 Å². The number of rotatable bonds is 11. The molecule has 4 aromatic carbocycles. The standard InChI is InChI=1S/C30H26O6/c31-29(35-22-21-33-24-13-5-2-6-14-24)26-16-8-10-18-28(26)36-30(32)25-15-7-9-17-27(25)34-20-19-23-11-3-1-4-12-23/h1-18H,19-22H2. The smallest absolute Gasteiger partial charge is 0.347 e. The monoisotopic (exact) mass is 482 g/mol. The Hall–Kier alpha value is -4.58. The average molecular weight is 483 g/mol. The van der Waals surface area contributed by atoms with E-state index in [0.717, 1.165) is 5.56 Å². The van der Waals surface area contributed by atoms with Gasteiger partial charge in [0.1, 0.15) is 41.6 Å². The van der Waals surface area contributed by atoms with Gasteiger partial charge in [-0.25, -0.2) is 9.59 Å². The molecule has 0 aromatic heterocycles. The third-order valence-corrected chi connectivity index (χ3v) is 5.24. The third kappa shape index (κ3) is 6.96. The maximum Gasteiger partial charge on any atom is 0.347 e. The van der Waals surface area contributed by atoms with Gasteiger partial charge in [0, 0.05) is 6.42 Å². The number of ether oxygens (including phenoxy) is 4. The minimum Gasteiger partial charge on any atom is -0.492 e. The van der Waals surface area contributed by atoms with Crippen LogP contribution in [0.3, 0.4) is 0 Å². The second-order valence-corrected chi connectivity index (χ2v) is 7.76. The molecule has 0 fully saturated rings. The maximum absolute atomic E-state index is 13.0. The van der Waals surface area contributed by atoms with Gasteiger partial charge in [-0.1, -0.05) is 72.8 Å². The Kier molecular flexibility index (Phi) is 8.70. The van der Waals surface area contributed by atoms with Crippen LogP contribution in [0.25, 0.3) is 0 Å². The summed E-state index contributed by atoms with van der Waals surface area (Å²) in [6.45, 7) is 0.655. The van der Waals surface area contributed by atoms with Crippen LogP contribution >= 0.6 is 0 Å². The van der Waals surface area contributed by atoms with Crippen LogP contribution in [0.5, 0.6) is 17.2 Å². The quantitative estimate of drug-likeness (QED) is 0.154. The number of esters is 2. The SMILES string of the molecule is O=C(Oc1ccccc1C(=O)OCCOc1ccccc1)c1ccccc1OCCc1ccccc1. The summed E-state index contributed by atoms with van der Waals surface area (Å²) >= 11 is 0. The van der Waals surface area contributed by atoms with Crippen molar-refractivity contribution in [2.75, 3.05) is 19.8 Å². The third-order valence-electron chi connectivity index (χ3n) is 5.24. The fraction of sp³-hybridized carbons (Fsp3) is 0.133. The van der Waals surface area contributed by atoms with E-state index >= 15 is 0 Å². The Morgan fingerprint density at radius 3 is 1.83 bits per heavy atom. The molecule has 0 saturated heterocycles. The summed E-state index contributed by atoms with van der Waals surface area (Å²) in [5.74, 6) is -0.0277. The molecular weight excluding hydrogens is 456 g/mol. The van der Waals surface area contributed by atoms with E-state index in [2.05, 4.69) is 0 Å². The van der Waals surface area contributed by atoms with E-state index in [1.807, 2.05) is 60.7 Å². The summed E-state index contributed by atoms with van der Waals surface area (Å²) in [7, 11) is 0. The first kappa shape index (κ1) is 24.5. The molecule has 6 heteroatoms. The van der Waals surface area contributed by atoms with Gasteiger partial charge < -0.3 is 18.9 Å². The van der Waals surface area contributed by atoms with Crippen LogP contribution in [-0.4, -0.2) is 31.8 Å². The van der Waals surface area contributed by atoms with Gasteiger partial charge in [-0.2, -0.15) is 0 Å². The molecule has 0 aliphatic carbocycles. The van der Waals surface area contributed by atoms with E-state index in [1.54, 1.807) is 48.5 Å². The molecule has 0 spiro atoms. The predicted octanol–water partition coefficient (Wildman–Crippen LogP) is 5.76. The number of hydrogen-bond acceptors (Lipinski definition) is 6. The van der Waals surface area contributed by atoms with Crippen molar-refractivity contribution in [3.63, 3.8) is 0 Å². The highest BCUT2D eigenvalue weighted by atomic mass is 16.6. The van der Waals surface area contributed by atoms with Crippen LogP contribution in [0, 0.1) is 0 Å². The van der Waals surface area contributed by atoms with Crippen molar-refractivity contribution in [2.45, 2.75) is 6.42 Å². The molecule has 0 aliphatic rings. The fourth-order valence-electron chi connectivity index (χ4n) is 3.45. The zero-order chi connectivity index (χ0) is 25.0. The van der Waals surface area contributed by atoms with Gasteiger partial charge in [-0.05, 0) is 42.0 Å². The molecular formula is C30H26O6. The molecule has 0 bridgehead atoms. The molecule has 4 rings (SSSR count).